The number of fused-ring (bicyclic) bond motifs is 1. The zero-order valence-electron chi connectivity index (χ0n) is 8.92. The lowest BCUT2D eigenvalue weighted by Crippen LogP contribution is -1.87. The van der Waals surface area contributed by atoms with Gasteiger partial charge in [-0.25, -0.2) is 9.50 Å². The molecule has 0 fully saturated rings. The molecule has 0 bridgehead atoms. The lowest BCUT2D eigenvalue weighted by atomic mass is 10.1. The van der Waals surface area contributed by atoms with Crippen LogP contribution in [0.5, 0.6) is 0 Å². The molecule has 1 aromatic carbocycles. The van der Waals surface area contributed by atoms with Crippen LogP contribution in [-0.2, 0) is 6.42 Å². The van der Waals surface area contributed by atoms with Crippen molar-refractivity contribution in [2.24, 2.45) is 0 Å². The number of aromatic nitrogens is 3. The van der Waals surface area contributed by atoms with Gasteiger partial charge in [-0.15, -0.1) is 0 Å². The Morgan fingerprint density at radius 2 is 2.06 bits per heavy atom. The SMILES string of the molecule is Cc1nn2cc(Cc3ccccc3)nc2s1. The van der Waals surface area contributed by atoms with Crippen LogP contribution in [0.1, 0.15) is 16.3 Å². The van der Waals surface area contributed by atoms with Gasteiger partial charge in [0, 0.05) is 6.42 Å². The second-order valence-corrected chi connectivity index (χ2v) is 4.90. The predicted octanol–water partition coefficient (Wildman–Crippen LogP) is 2.69. The highest BCUT2D eigenvalue weighted by atomic mass is 32.1. The minimum absolute atomic E-state index is 0.871. The highest BCUT2D eigenvalue weighted by molar-refractivity contribution is 7.16. The van der Waals surface area contributed by atoms with Gasteiger partial charge < -0.3 is 0 Å². The summed E-state index contributed by atoms with van der Waals surface area (Å²) in [5, 5.41) is 5.40. The van der Waals surface area contributed by atoms with E-state index in [-0.39, 0.29) is 0 Å². The first kappa shape index (κ1) is 9.54. The summed E-state index contributed by atoms with van der Waals surface area (Å²) in [5.74, 6) is 0. The van der Waals surface area contributed by atoms with Crippen molar-refractivity contribution in [1.29, 1.82) is 0 Å². The van der Waals surface area contributed by atoms with E-state index in [1.54, 1.807) is 11.3 Å². The monoisotopic (exact) mass is 229 g/mol. The van der Waals surface area contributed by atoms with Crippen LogP contribution in [0.2, 0.25) is 0 Å². The van der Waals surface area contributed by atoms with E-state index in [1.807, 2.05) is 23.7 Å². The van der Waals surface area contributed by atoms with Crippen LogP contribution in [0.15, 0.2) is 36.5 Å². The number of aryl methyl sites for hydroxylation is 1. The standard InChI is InChI=1S/C12H11N3S/c1-9-14-15-8-11(13-12(15)16-9)7-10-5-3-2-4-6-10/h2-6,8H,7H2,1H3. The van der Waals surface area contributed by atoms with Gasteiger partial charge in [0.25, 0.3) is 0 Å². The lowest BCUT2D eigenvalue weighted by molar-refractivity contribution is 0.940. The molecule has 2 heterocycles. The summed E-state index contributed by atoms with van der Waals surface area (Å²) in [4.78, 5) is 5.52. The fraction of sp³-hybridized carbons (Fsp3) is 0.167. The first-order valence-corrected chi connectivity index (χ1v) is 5.98. The van der Waals surface area contributed by atoms with Crippen molar-refractivity contribution in [2.45, 2.75) is 13.3 Å². The maximum Gasteiger partial charge on any atom is 0.212 e. The molecule has 0 radical (unpaired) electrons. The fourth-order valence-electron chi connectivity index (χ4n) is 1.73. The average Bonchev–Trinajstić information content (AvgIpc) is 2.76. The van der Waals surface area contributed by atoms with Crippen molar-refractivity contribution >= 4 is 16.3 Å². The quantitative estimate of drug-likeness (QED) is 0.676. The Kier molecular flexibility index (Phi) is 2.22. The molecule has 2 aromatic heterocycles. The van der Waals surface area contributed by atoms with Crippen LogP contribution in [0.25, 0.3) is 4.96 Å². The summed E-state index contributed by atoms with van der Waals surface area (Å²) >= 11 is 1.62. The molecule has 0 atom stereocenters. The number of benzene rings is 1. The Morgan fingerprint density at radius 1 is 1.25 bits per heavy atom. The van der Waals surface area contributed by atoms with Crippen molar-refractivity contribution in [3.05, 3.63) is 52.8 Å². The zero-order chi connectivity index (χ0) is 11.0. The van der Waals surface area contributed by atoms with Crippen molar-refractivity contribution in [3.8, 4) is 0 Å². The molecule has 0 saturated carbocycles. The van der Waals surface area contributed by atoms with Gasteiger partial charge in [-0.05, 0) is 12.5 Å². The highest BCUT2D eigenvalue weighted by Gasteiger charge is 2.05. The molecule has 0 saturated heterocycles. The maximum atomic E-state index is 4.55. The molecule has 0 aliphatic rings. The molecule has 3 nitrogen and oxygen atoms in total. The Bertz CT molecular complexity index is 578. The van der Waals surface area contributed by atoms with Crippen molar-refractivity contribution in [2.75, 3.05) is 0 Å². The summed E-state index contributed by atoms with van der Waals surface area (Å²) in [7, 11) is 0. The van der Waals surface area contributed by atoms with E-state index in [9.17, 15) is 0 Å². The third-order valence-electron chi connectivity index (χ3n) is 2.42. The summed E-state index contributed by atoms with van der Waals surface area (Å²) in [6.07, 6.45) is 2.88. The Morgan fingerprint density at radius 3 is 2.81 bits per heavy atom. The van der Waals surface area contributed by atoms with Gasteiger partial charge in [0.15, 0.2) is 0 Å². The van der Waals surface area contributed by atoms with E-state index in [0.29, 0.717) is 0 Å². The number of imidazole rings is 1. The molecule has 0 aliphatic heterocycles. The van der Waals surface area contributed by atoms with Crippen LogP contribution in [-0.4, -0.2) is 14.6 Å². The van der Waals surface area contributed by atoms with Crippen molar-refractivity contribution in [1.82, 2.24) is 14.6 Å². The van der Waals surface area contributed by atoms with Gasteiger partial charge in [-0.3, -0.25) is 0 Å². The molecule has 16 heavy (non-hydrogen) atoms. The van der Waals surface area contributed by atoms with Crippen LogP contribution in [0.3, 0.4) is 0 Å². The van der Waals surface area contributed by atoms with E-state index in [4.69, 9.17) is 0 Å². The molecule has 0 amide bonds. The normalized spacial score (nSPS) is 11.1. The summed E-state index contributed by atoms with van der Waals surface area (Å²) in [6, 6.07) is 10.4. The van der Waals surface area contributed by atoms with Crippen LogP contribution in [0.4, 0.5) is 0 Å². The van der Waals surface area contributed by atoms with Gasteiger partial charge >= 0.3 is 0 Å². The molecule has 3 aromatic rings. The molecule has 80 valence electrons. The number of hydrogen-bond acceptors (Lipinski definition) is 3. The number of hydrogen-bond donors (Lipinski definition) is 0. The Balaban J connectivity index is 1.92. The average molecular weight is 229 g/mol. The largest absolute Gasteiger partial charge is 0.222 e. The van der Waals surface area contributed by atoms with E-state index in [1.165, 1.54) is 5.56 Å². The van der Waals surface area contributed by atoms with Gasteiger partial charge in [-0.2, -0.15) is 5.10 Å². The Labute approximate surface area is 97.4 Å². The second kappa shape index (κ2) is 3.72. The van der Waals surface area contributed by atoms with Crippen LogP contribution in [0, 0.1) is 6.92 Å². The highest BCUT2D eigenvalue weighted by Crippen LogP contribution is 2.15. The molecular weight excluding hydrogens is 218 g/mol. The molecule has 0 aliphatic carbocycles. The summed E-state index contributed by atoms with van der Waals surface area (Å²) in [6.45, 7) is 2.00. The molecule has 0 spiro atoms. The van der Waals surface area contributed by atoms with E-state index in [0.717, 1.165) is 22.1 Å². The summed E-state index contributed by atoms with van der Waals surface area (Å²) in [5.41, 5.74) is 2.36. The first-order valence-electron chi connectivity index (χ1n) is 5.17. The topological polar surface area (TPSA) is 30.2 Å². The second-order valence-electron chi connectivity index (χ2n) is 3.74. The minimum Gasteiger partial charge on any atom is -0.222 e. The van der Waals surface area contributed by atoms with E-state index in [2.05, 4.69) is 34.3 Å². The smallest absolute Gasteiger partial charge is 0.212 e. The van der Waals surface area contributed by atoms with Gasteiger partial charge in [0.05, 0.1) is 11.9 Å². The number of rotatable bonds is 2. The number of nitrogens with zero attached hydrogens (tertiary/aromatic N) is 3. The van der Waals surface area contributed by atoms with Crippen molar-refractivity contribution in [3.63, 3.8) is 0 Å². The van der Waals surface area contributed by atoms with Crippen molar-refractivity contribution < 1.29 is 0 Å². The van der Waals surface area contributed by atoms with Crippen LogP contribution >= 0.6 is 11.3 Å². The maximum absolute atomic E-state index is 4.55. The third-order valence-corrected chi connectivity index (χ3v) is 3.26. The lowest BCUT2D eigenvalue weighted by Gasteiger charge is -1.95. The summed E-state index contributed by atoms with van der Waals surface area (Å²) < 4.78 is 1.86. The van der Waals surface area contributed by atoms with E-state index >= 15 is 0 Å². The van der Waals surface area contributed by atoms with Gasteiger partial charge in [-0.1, -0.05) is 41.7 Å². The van der Waals surface area contributed by atoms with Gasteiger partial charge in [0.1, 0.15) is 5.01 Å². The molecule has 0 unspecified atom stereocenters. The third kappa shape index (κ3) is 1.72. The molecule has 0 N–H and O–H groups in total. The fourth-order valence-corrected chi connectivity index (χ4v) is 2.48. The molecular formula is C12H11N3S. The zero-order valence-corrected chi connectivity index (χ0v) is 9.74. The molecule has 3 rings (SSSR count). The Hall–Kier alpha value is -1.68. The first-order chi connectivity index (χ1) is 7.81. The predicted molar refractivity (Wildman–Crippen MR) is 64.8 cm³/mol. The van der Waals surface area contributed by atoms with Crippen LogP contribution < -0.4 is 0 Å². The van der Waals surface area contributed by atoms with Gasteiger partial charge in [0.2, 0.25) is 4.96 Å². The molecule has 4 heteroatoms. The van der Waals surface area contributed by atoms with E-state index < -0.39 is 0 Å². The minimum atomic E-state index is 0.871.